The molecular weight excluding hydrogens is 357 g/mol. The van der Waals surface area contributed by atoms with E-state index >= 15 is 0 Å². The Hall–Kier alpha value is -2.99. The lowest BCUT2D eigenvalue weighted by molar-refractivity contribution is 0.0714. The second-order valence-corrected chi connectivity index (χ2v) is 7.10. The summed E-state index contributed by atoms with van der Waals surface area (Å²) in [5.41, 5.74) is 4.02. The van der Waals surface area contributed by atoms with Crippen LogP contribution in [0.4, 0.5) is 4.39 Å². The van der Waals surface area contributed by atoms with Crippen LogP contribution in [0.1, 0.15) is 40.9 Å². The van der Waals surface area contributed by atoms with E-state index in [2.05, 4.69) is 10.2 Å². The van der Waals surface area contributed by atoms with E-state index in [9.17, 15) is 14.3 Å². The third kappa shape index (κ3) is 3.31. The number of carbonyl (C=O) groups is 1. The molecule has 0 radical (unpaired) electrons. The summed E-state index contributed by atoms with van der Waals surface area (Å²) in [5, 5.41) is 17.0. The van der Waals surface area contributed by atoms with Gasteiger partial charge in [-0.05, 0) is 42.2 Å². The predicted molar refractivity (Wildman–Crippen MR) is 104 cm³/mol. The van der Waals surface area contributed by atoms with Crippen molar-refractivity contribution in [2.24, 2.45) is 0 Å². The molecule has 6 heteroatoms. The Kier molecular flexibility index (Phi) is 4.96. The van der Waals surface area contributed by atoms with Gasteiger partial charge in [0.2, 0.25) is 0 Å². The summed E-state index contributed by atoms with van der Waals surface area (Å²) in [4.78, 5) is 14.8. The van der Waals surface area contributed by atoms with E-state index in [1.807, 2.05) is 25.3 Å². The van der Waals surface area contributed by atoms with Crippen LogP contribution in [0.5, 0.6) is 0 Å². The van der Waals surface area contributed by atoms with Crippen LogP contribution in [-0.4, -0.2) is 38.8 Å². The number of β-amino-alcohol motifs (C(OH)–C–C–N with tert-alkyl or cyclic N) is 1. The number of aromatic amines is 1. The van der Waals surface area contributed by atoms with Crippen LogP contribution in [-0.2, 0) is 6.42 Å². The van der Waals surface area contributed by atoms with E-state index in [-0.39, 0.29) is 18.3 Å². The highest BCUT2D eigenvalue weighted by molar-refractivity contribution is 5.95. The third-order valence-electron chi connectivity index (χ3n) is 5.35. The monoisotopic (exact) mass is 379 g/mol. The Balaban J connectivity index is 1.67. The second kappa shape index (κ2) is 7.56. The Morgan fingerprint density at radius 2 is 2.14 bits per heavy atom. The highest BCUT2D eigenvalue weighted by Gasteiger charge is 2.37. The van der Waals surface area contributed by atoms with Crippen molar-refractivity contribution in [1.29, 1.82) is 0 Å². The first-order valence-electron chi connectivity index (χ1n) is 9.44. The molecule has 1 aliphatic rings. The number of nitrogens with zero attached hydrogens (tertiary/aromatic N) is 2. The summed E-state index contributed by atoms with van der Waals surface area (Å²) < 4.78 is 14.3. The van der Waals surface area contributed by atoms with E-state index in [1.165, 1.54) is 6.07 Å². The smallest absolute Gasteiger partial charge is 0.254 e. The summed E-state index contributed by atoms with van der Waals surface area (Å²) in [7, 11) is 0. The van der Waals surface area contributed by atoms with Crippen LogP contribution in [0.25, 0.3) is 11.1 Å². The van der Waals surface area contributed by atoms with Gasteiger partial charge in [-0.3, -0.25) is 9.89 Å². The van der Waals surface area contributed by atoms with Crippen LogP contribution < -0.4 is 0 Å². The quantitative estimate of drug-likeness (QED) is 0.726. The zero-order chi connectivity index (χ0) is 19.7. The molecule has 0 saturated carbocycles. The first-order chi connectivity index (χ1) is 13.6. The molecule has 2 aromatic carbocycles. The van der Waals surface area contributed by atoms with Crippen molar-refractivity contribution in [2.45, 2.75) is 31.9 Å². The van der Waals surface area contributed by atoms with Gasteiger partial charge in [0.1, 0.15) is 5.82 Å². The normalized spacial score (nSPS) is 19.2. The van der Waals surface area contributed by atoms with E-state index in [4.69, 9.17) is 0 Å². The topological polar surface area (TPSA) is 69.2 Å². The standard InChI is InChI=1S/C22H22FN3O2/c1-2-14-9-15(7-8-18(14)16-11-24-25-12-16)22(28)26-13-17(27)10-21(26)19-5-3-4-6-20(19)23/h3-9,11-12,17,21,27H,2,10,13H2,1H3,(H,24,25). The third-order valence-corrected chi connectivity index (χ3v) is 5.35. The maximum Gasteiger partial charge on any atom is 0.254 e. The van der Waals surface area contributed by atoms with E-state index < -0.39 is 12.1 Å². The minimum absolute atomic E-state index is 0.196. The van der Waals surface area contributed by atoms with E-state index in [1.54, 1.807) is 35.4 Å². The molecule has 144 valence electrons. The lowest BCUT2D eigenvalue weighted by Crippen LogP contribution is -2.32. The lowest BCUT2D eigenvalue weighted by atomic mass is 9.97. The molecule has 2 N–H and O–H groups in total. The summed E-state index contributed by atoms with van der Waals surface area (Å²) >= 11 is 0. The average Bonchev–Trinajstić information content (AvgIpc) is 3.37. The van der Waals surface area contributed by atoms with Crippen molar-refractivity contribution in [3.63, 3.8) is 0 Å². The molecule has 28 heavy (non-hydrogen) atoms. The molecule has 1 aliphatic heterocycles. The van der Waals surface area contributed by atoms with Crippen molar-refractivity contribution in [3.8, 4) is 11.1 Å². The molecule has 0 bridgehead atoms. The second-order valence-electron chi connectivity index (χ2n) is 7.10. The molecule has 4 rings (SSSR count). The first-order valence-corrected chi connectivity index (χ1v) is 9.44. The number of aryl methyl sites for hydroxylation is 1. The van der Waals surface area contributed by atoms with Gasteiger partial charge in [0.05, 0.1) is 18.3 Å². The number of halogens is 1. The number of aromatic nitrogens is 2. The van der Waals surface area contributed by atoms with Crippen LogP contribution in [0, 0.1) is 5.82 Å². The van der Waals surface area contributed by atoms with Crippen LogP contribution in [0.2, 0.25) is 0 Å². The number of nitrogens with one attached hydrogen (secondary N) is 1. The minimum Gasteiger partial charge on any atom is -0.391 e. The molecule has 2 heterocycles. The zero-order valence-corrected chi connectivity index (χ0v) is 15.6. The minimum atomic E-state index is -0.663. The van der Waals surface area contributed by atoms with Crippen LogP contribution in [0.3, 0.4) is 0 Å². The number of benzene rings is 2. The molecule has 1 amide bonds. The largest absolute Gasteiger partial charge is 0.391 e. The molecule has 1 aromatic heterocycles. The van der Waals surface area contributed by atoms with Crippen LogP contribution >= 0.6 is 0 Å². The molecular formula is C22H22FN3O2. The highest BCUT2D eigenvalue weighted by Crippen LogP contribution is 2.35. The van der Waals surface area contributed by atoms with Crippen molar-refractivity contribution in [2.75, 3.05) is 6.54 Å². The Morgan fingerprint density at radius 3 is 2.86 bits per heavy atom. The number of H-pyrrole nitrogens is 1. The molecule has 5 nitrogen and oxygen atoms in total. The van der Waals surface area contributed by atoms with Gasteiger partial charge in [-0.1, -0.05) is 31.2 Å². The van der Waals surface area contributed by atoms with Crippen molar-refractivity contribution < 1.29 is 14.3 Å². The van der Waals surface area contributed by atoms with Gasteiger partial charge in [0.15, 0.2) is 0 Å². The summed E-state index contributed by atoms with van der Waals surface area (Å²) in [6.07, 6.45) is 4.01. The number of amides is 1. The predicted octanol–water partition coefficient (Wildman–Crippen LogP) is 3.73. The number of rotatable bonds is 4. The summed E-state index contributed by atoms with van der Waals surface area (Å²) in [5.74, 6) is -0.554. The van der Waals surface area contributed by atoms with E-state index in [0.29, 0.717) is 17.5 Å². The Bertz CT molecular complexity index is 987. The number of hydrogen-bond donors (Lipinski definition) is 2. The molecule has 2 unspecified atom stereocenters. The number of aliphatic hydroxyl groups is 1. The average molecular weight is 379 g/mol. The van der Waals surface area contributed by atoms with Gasteiger partial charge in [0.25, 0.3) is 5.91 Å². The highest BCUT2D eigenvalue weighted by atomic mass is 19.1. The molecule has 0 aliphatic carbocycles. The van der Waals surface area contributed by atoms with Gasteiger partial charge in [-0.2, -0.15) is 5.10 Å². The van der Waals surface area contributed by atoms with Gasteiger partial charge >= 0.3 is 0 Å². The molecule has 1 saturated heterocycles. The Morgan fingerprint density at radius 1 is 1.32 bits per heavy atom. The van der Waals surface area contributed by atoms with Crippen LogP contribution in [0.15, 0.2) is 54.9 Å². The van der Waals surface area contributed by atoms with E-state index in [0.717, 1.165) is 23.1 Å². The van der Waals surface area contributed by atoms with Crippen molar-refractivity contribution in [1.82, 2.24) is 15.1 Å². The fourth-order valence-electron chi connectivity index (χ4n) is 3.94. The number of aliphatic hydroxyl groups excluding tert-OH is 1. The fraction of sp³-hybridized carbons (Fsp3) is 0.273. The fourth-order valence-corrected chi connectivity index (χ4v) is 3.94. The number of likely N-dealkylation sites (tertiary alicyclic amines) is 1. The molecule has 1 fully saturated rings. The van der Waals surface area contributed by atoms with Crippen molar-refractivity contribution in [3.05, 3.63) is 77.4 Å². The molecule has 0 spiro atoms. The summed E-state index contributed by atoms with van der Waals surface area (Å²) in [6.45, 7) is 2.23. The van der Waals surface area contributed by atoms with Gasteiger partial charge in [-0.25, -0.2) is 4.39 Å². The lowest BCUT2D eigenvalue weighted by Gasteiger charge is -2.25. The zero-order valence-electron chi connectivity index (χ0n) is 15.6. The van der Waals surface area contributed by atoms with Crippen molar-refractivity contribution >= 4 is 5.91 Å². The van der Waals surface area contributed by atoms with Gasteiger partial charge in [0, 0.05) is 29.4 Å². The van der Waals surface area contributed by atoms with Gasteiger partial charge < -0.3 is 10.0 Å². The number of hydrogen-bond acceptors (Lipinski definition) is 3. The maximum atomic E-state index is 14.3. The first kappa shape index (κ1) is 18.4. The SMILES string of the molecule is CCc1cc(C(=O)N2CC(O)CC2c2ccccc2F)ccc1-c1cn[nH]c1. The molecule has 3 aromatic rings. The number of carbonyl (C=O) groups excluding carboxylic acids is 1. The maximum absolute atomic E-state index is 14.3. The Labute approximate surface area is 162 Å². The summed E-state index contributed by atoms with van der Waals surface area (Å²) in [6, 6.07) is 11.6. The molecule has 2 atom stereocenters. The van der Waals surface area contributed by atoms with Gasteiger partial charge in [-0.15, -0.1) is 0 Å².